The Balaban J connectivity index is 1.32. The molecule has 1 amide bonds. The molecule has 0 spiro atoms. The second-order valence-electron chi connectivity index (χ2n) is 8.77. The summed E-state index contributed by atoms with van der Waals surface area (Å²) in [5, 5.41) is 9.09. The molecule has 2 aliphatic heterocycles. The van der Waals surface area contributed by atoms with Crippen molar-refractivity contribution in [2.75, 3.05) is 46.8 Å². The number of hydrogen-bond acceptors (Lipinski definition) is 5. The third kappa shape index (κ3) is 4.51. The van der Waals surface area contributed by atoms with Crippen molar-refractivity contribution in [3.63, 3.8) is 0 Å². The molecule has 4 rings (SSSR count). The van der Waals surface area contributed by atoms with Crippen molar-refractivity contribution in [2.24, 2.45) is 0 Å². The van der Waals surface area contributed by atoms with Gasteiger partial charge < -0.3 is 19.3 Å². The average molecular weight is 375 g/mol. The molecule has 27 heavy (non-hydrogen) atoms. The monoisotopic (exact) mass is 374 g/mol. The van der Waals surface area contributed by atoms with Gasteiger partial charge in [0.25, 0.3) is 0 Å². The maximum Gasteiger partial charge on any atom is 0.223 e. The van der Waals surface area contributed by atoms with E-state index in [0.29, 0.717) is 24.3 Å². The fourth-order valence-electron chi connectivity index (χ4n) is 4.54. The molecular formula is C20H34N6O. The van der Waals surface area contributed by atoms with Gasteiger partial charge in [0.05, 0.1) is 6.54 Å². The summed E-state index contributed by atoms with van der Waals surface area (Å²) >= 11 is 0. The molecular weight excluding hydrogens is 340 g/mol. The highest BCUT2D eigenvalue weighted by Gasteiger charge is 2.34. The van der Waals surface area contributed by atoms with E-state index < -0.39 is 0 Å². The molecule has 7 heteroatoms. The summed E-state index contributed by atoms with van der Waals surface area (Å²) in [6.45, 7) is 5.84. The van der Waals surface area contributed by atoms with E-state index in [9.17, 15) is 4.79 Å². The number of carbonyl (C=O) groups is 1. The van der Waals surface area contributed by atoms with Crippen LogP contribution in [0.2, 0.25) is 0 Å². The number of aromatic nitrogens is 3. The summed E-state index contributed by atoms with van der Waals surface area (Å²) in [4.78, 5) is 19.2. The quantitative estimate of drug-likeness (QED) is 0.729. The van der Waals surface area contributed by atoms with E-state index in [1.807, 2.05) is 0 Å². The first kappa shape index (κ1) is 18.9. The zero-order valence-electron chi connectivity index (χ0n) is 16.9. The maximum absolute atomic E-state index is 12.6. The molecule has 3 aliphatic rings. The Labute approximate surface area is 162 Å². The van der Waals surface area contributed by atoms with Crippen LogP contribution in [0.1, 0.15) is 68.6 Å². The summed E-state index contributed by atoms with van der Waals surface area (Å²) in [5.74, 6) is 3.04. The van der Waals surface area contributed by atoms with Crippen LogP contribution in [0.15, 0.2) is 0 Å². The van der Waals surface area contributed by atoms with E-state index in [1.165, 1.54) is 44.6 Å². The number of hydrogen-bond donors (Lipinski definition) is 0. The smallest absolute Gasteiger partial charge is 0.223 e. The first-order valence-electron chi connectivity index (χ1n) is 10.7. The minimum absolute atomic E-state index is 0.331. The van der Waals surface area contributed by atoms with Crippen LogP contribution in [0, 0.1) is 0 Å². The minimum atomic E-state index is 0.331. The molecule has 0 N–H and O–H groups in total. The topological polar surface area (TPSA) is 57.5 Å². The lowest BCUT2D eigenvalue weighted by Gasteiger charge is -2.32. The van der Waals surface area contributed by atoms with Gasteiger partial charge in [-0.1, -0.05) is 0 Å². The highest BCUT2D eigenvalue weighted by atomic mass is 16.2. The standard InChI is InChI=1S/C20H34N6O/c1-23(2)15-18-21-22-20(26(18)17-5-6-17)16-7-13-25(14-8-16)19(27)9-12-24-10-3-4-11-24/h16-17H,3-15H2,1-2H3. The van der Waals surface area contributed by atoms with Crippen LogP contribution in [0.3, 0.4) is 0 Å². The molecule has 7 nitrogen and oxygen atoms in total. The molecule has 0 unspecified atom stereocenters. The van der Waals surface area contributed by atoms with Crippen LogP contribution in [0.4, 0.5) is 0 Å². The van der Waals surface area contributed by atoms with E-state index in [4.69, 9.17) is 0 Å². The average Bonchev–Trinajstić information content (AvgIpc) is 3.20. The van der Waals surface area contributed by atoms with Gasteiger partial charge in [0.15, 0.2) is 0 Å². The molecule has 2 saturated heterocycles. The Bertz CT molecular complexity index is 639. The Morgan fingerprint density at radius 3 is 2.37 bits per heavy atom. The molecule has 1 aromatic heterocycles. The van der Waals surface area contributed by atoms with E-state index in [1.54, 1.807) is 0 Å². The highest BCUT2D eigenvalue weighted by Crippen LogP contribution is 2.40. The number of piperidine rings is 1. The lowest BCUT2D eigenvalue weighted by atomic mass is 9.95. The van der Waals surface area contributed by atoms with Crippen molar-refractivity contribution in [1.82, 2.24) is 29.5 Å². The fourth-order valence-corrected chi connectivity index (χ4v) is 4.54. The van der Waals surface area contributed by atoms with E-state index >= 15 is 0 Å². The van der Waals surface area contributed by atoms with E-state index in [-0.39, 0.29) is 0 Å². The first-order valence-corrected chi connectivity index (χ1v) is 10.7. The highest BCUT2D eigenvalue weighted by molar-refractivity contribution is 5.76. The summed E-state index contributed by atoms with van der Waals surface area (Å²) < 4.78 is 2.41. The third-order valence-electron chi connectivity index (χ3n) is 6.22. The molecule has 0 atom stereocenters. The van der Waals surface area contributed by atoms with Crippen LogP contribution < -0.4 is 0 Å². The molecule has 1 aliphatic carbocycles. The fraction of sp³-hybridized carbons (Fsp3) is 0.850. The van der Waals surface area contributed by atoms with Gasteiger partial charge in [-0.3, -0.25) is 4.79 Å². The Kier molecular flexibility index (Phi) is 5.78. The van der Waals surface area contributed by atoms with Crippen molar-refractivity contribution in [1.29, 1.82) is 0 Å². The number of rotatable bonds is 7. The largest absolute Gasteiger partial charge is 0.343 e. The van der Waals surface area contributed by atoms with Gasteiger partial charge in [-0.15, -0.1) is 10.2 Å². The van der Waals surface area contributed by atoms with Gasteiger partial charge in [0, 0.05) is 38.0 Å². The second kappa shape index (κ2) is 8.27. The predicted octanol–water partition coefficient (Wildman–Crippen LogP) is 1.87. The van der Waals surface area contributed by atoms with Crippen LogP contribution in [0.5, 0.6) is 0 Å². The number of likely N-dealkylation sites (tertiary alicyclic amines) is 2. The normalized spacial score (nSPS) is 22.1. The number of amides is 1. The van der Waals surface area contributed by atoms with Crippen LogP contribution in [-0.2, 0) is 11.3 Å². The molecule has 0 bridgehead atoms. The van der Waals surface area contributed by atoms with Crippen molar-refractivity contribution in [2.45, 2.75) is 63.5 Å². The minimum Gasteiger partial charge on any atom is -0.343 e. The van der Waals surface area contributed by atoms with Gasteiger partial charge in [0.1, 0.15) is 11.6 Å². The predicted molar refractivity (Wildman–Crippen MR) is 105 cm³/mol. The number of nitrogens with zero attached hydrogens (tertiary/aromatic N) is 6. The van der Waals surface area contributed by atoms with Crippen LogP contribution >= 0.6 is 0 Å². The van der Waals surface area contributed by atoms with Gasteiger partial charge in [-0.05, 0) is 65.7 Å². The Morgan fingerprint density at radius 1 is 1.04 bits per heavy atom. The van der Waals surface area contributed by atoms with Gasteiger partial charge >= 0.3 is 0 Å². The maximum atomic E-state index is 12.6. The summed E-state index contributed by atoms with van der Waals surface area (Å²) in [7, 11) is 4.16. The molecule has 0 aromatic carbocycles. The van der Waals surface area contributed by atoms with Crippen LogP contribution in [-0.4, -0.2) is 82.2 Å². The SMILES string of the molecule is CN(C)Cc1nnc(C2CCN(C(=O)CCN3CCCC3)CC2)n1C1CC1. The summed E-state index contributed by atoms with van der Waals surface area (Å²) in [6, 6.07) is 0.602. The van der Waals surface area contributed by atoms with Gasteiger partial charge in [-0.25, -0.2) is 0 Å². The Morgan fingerprint density at radius 2 is 1.74 bits per heavy atom. The van der Waals surface area contributed by atoms with Crippen molar-refractivity contribution in [3.05, 3.63) is 11.6 Å². The Hall–Kier alpha value is -1.47. The van der Waals surface area contributed by atoms with E-state index in [2.05, 4.69) is 43.6 Å². The molecule has 3 fully saturated rings. The molecule has 3 heterocycles. The zero-order chi connectivity index (χ0) is 18.8. The lowest BCUT2D eigenvalue weighted by Crippen LogP contribution is -2.39. The molecule has 1 aromatic rings. The van der Waals surface area contributed by atoms with Crippen molar-refractivity contribution >= 4 is 5.91 Å². The van der Waals surface area contributed by atoms with Gasteiger partial charge in [0.2, 0.25) is 5.91 Å². The van der Waals surface area contributed by atoms with Crippen molar-refractivity contribution in [3.8, 4) is 0 Å². The lowest BCUT2D eigenvalue weighted by molar-refractivity contribution is -0.132. The molecule has 1 saturated carbocycles. The molecule has 150 valence electrons. The molecule has 0 radical (unpaired) electrons. The zero-order valence-corrected chi connectivity index (χ0v) is 16.9. The first-order chi connectivity index (χ1) is 13.1. The van der Waals surface area contributed by atoms with Crippen LogP contribution in [0.25, 0.3) is 0 Å². The van der Waals surface area contributed by atoms with Crippen molar-refractivity contribution < 1.29 is 4.79 Å². The number of carbonyl (C=O) groups excluding carboxylic acids is 1. The third-order valence-corrected chi connectivity index (χ3v) is 6.22. The summed E-state index contributed by atoms with van der Waals surface area (Å²) in [6.07, 6.45) is 7.78. The second-order valence-corrected chi connectivity index (χ2v) is 8.77. The van der Waals surface area contributed by atoms with Gasteiger partial charge in [-0.2, -0.15) is 0 Å². The van der Waals surface area contributed by atoms with E-state index in [0.717, 1.165) is 44.8 Å². The summed E-state index contributed by atoms with van der Waals surface area (Å²) in [5.41, 5.74) is 0.